The molecule has 1 aromatic rings. The number of piperidine rings is 1. The Balaban J connectivity index is 1.39. The molecule has 2 aliphatic rings. The van der Waals surface area contributed by atoms with E-state index in [1.54, 1.807) is 4.90 Å². The van der Waals surface area contributed by atoms with E-state index in [4.69, 9.17) is 4.74 Å². The third-order valence-electron chi connectivity index (χ3n) is 5.03. The first-order valence-electron chi connectivity index (χ1n) is 9.37. The molecule has 0 spiro atoms. The second-order valence-electron chi connectivity index (χ2n) is 7.17. The molecule has 3 rings (SSSR count). The number of benzene rings is 1. The molecule has 0 bridgehead atoms. The molecule has 1 aliphatic carbocycles. The van der Waals surface area contributed by atoms with Crippen LogP contribution in [0.5, 0.6) is 5.75 Å². The Morgan fingerprint density at radius 1 is 1.16 bits per heavy atom. The van der Waals surface area contributed by atoms with Crippen molar-refractivity contribution in [3.8, 4) is 5.75 Å². The lowest BCUT2D eigenvalue weighted by Gasteiger charge is -2.34. The topological polar surface area (TPSA) is 49.9 Å². The van der Waals surface area contributed by atoms with Gasteiger partial charge in [0.15, 0.2) is 0 Å². The monoisotopic (exact) mass is 344 g/mol. The highest BCUT2D eigenvalue weighted by Crippen LogP contribution is 2.32. The fraction of sp³-hybridized carbons (Fsp3) is 0.600. The number of carbonyl (C=O) groups excluding carboxylic acids is 2. The molecule has 0 aromatic heterocycles. The summed E-state index contributed by atoms with van der Waals surface area (Å²) < 4.78 is 5.67. The fourth-order valence-electron chi connectivity index (χ4n) is 3.40. The molecule has 0 radical (unpaired) electrons. The number of rotatable bonds is 7. The first-order valence-corrected chi connectivity index (χ1v) is 9.37. The number of para-hydroxylation sites is 1. The van der Waals surface area contributed by atoms with Crippen molar-refractivity contribution in [3.63, 3.8) is 0 Å². The lowest BCUT2D eigenvalue weighted by atomic mass is 9.96. The van der Waals surface area contributed by atoms with E-state index in [2.05, 4.69) is 0 Å². The Morgan fingerprint density at radius 3 is 2.64 bits per heavy atom. The van der Waals surface area contributed by atoms with Crippen LogP contribution in [-0.4, -0.2) is 54.9 Å². The summed E-state index contributed by atoms with van der Waals surface area (Å²) in [6, 6.07) is 9.72. The summed E-state index contributed by atoms with van der Waals surface area (Å²) in [4.78, 5) is 28.6. The highest BCUT2D eigenvalue weighted by molar-refractivity contribution is 5.83. The average molecular weight is 344 g/mol. The molecule has 1 heterocycles. The molecule has 2 fully saturated rings. The number of hydrogen-bond donors (Lipinski definition) is 0. The smallest absolute Gasteiger partial charge is 0.227 e. The summed E-state index contributed by atoms with van der Waals surface area (Å²) in [7, 11) is 1.85. The summed E-state index contributed by atoms with van der Waals surface area (Å²) in [6.07, 6.45) is 4.66. The first-order chi connectivity index (χ1) is 12.1. The minimum absolute atomic E-state index is 0.0449. The van der Waals surface area contributed by atoms with Crippen LogP contribution in [0.2, 0.25) is 0 Å². The lowest BCUT2D eigenvalue weighted by molar-refractivity contribution is -0.140. The molecule has 1 aliphatic heterocycles. The lowest BCUT2D eigenvalue weighted by Crippen LogP contribution is -2.46. The van der Waals surface area contributed by atoms with Gasteiger partial charge in [-0.1, -0.05) is 18.2 Å². The fourth-order valence-corrected chi connectivity index (χ4v) is 3.40. The zero-order valence-electron chi connectivity index (χ0n) is 15.0. The Labute approximate surface area is 149 Å². The van der Waals surface area contributed by atoms with Crippen LogP contribution >= 0.6 is 0 Å². The van der Waals surface area contributed by atoms with Crippen LogP contribution in [0.25, 0.3) is 0 Å². The summed E-state index contributed by atoms with van der Waals surface area (Å²) in [5.41, 5.74) is 0. The third-order valence-corrected chi connectivity index (χ3v) is 5.03. The van der Waals surface area contributed by atoms with Crippen LogP contribution in [0.4, 0.5) is 0 Å². The summed E-state index contributed by atoms with van der Waals surface area (Å²) in [6.45, 7) is 2.68. The van der Waals surface area contributed by atoms with Gasteiger partial charge in [0.05, 0.1) is 12.5 Å². The number of ether oxygens (including phenoxy) is 1. The van der Waals surface area contributed by atoms with Crippen molar-refractivity contribution in [2.24, 2.45) is 11.8 Å². The number of carbonyl (C=O) groups is 2. The van der Waals surface area contributed by atoms with E-state index in [-0.39, 0.29) is 23.7 Å². The van der Waals surface area contributed by atoms with Crippen molar-refractivity contribution >= 4 is 11.8 Å². The Morgan fingerprint density at radius 2 is 1.92 bits per heavy atom. The highest BCUT2D eigenvalue weighted by Gasteiger charge is 2.37. The van der Waals surface area contributed by atoms with Gasteiger partial charge in [-0.2, -0.15) is 0 Å². The van der Waals surface area contributed by atoms with E-state index in [0.717, 1.165) is 44.4 Å². The molecular weight excluding hydrogens is 316 g/mol. The zero-order chi connectivity index (χ0) is 17.6. The van der Waals surface area contributed by atoms with Crippen LogP contribution in [0.1, 0.15) is 32.1 Å². The first kappa shape index (κ1) is 17.8. The second-order valence-corrected chi connectivity index (χ2v) is 7.17. The quantitative estimate of drug-likeness (QED) is 0.714. The van der Waals surface area contributed by atoms with Crippen molar-refractivity contribution in [2.45, 2.75) is 32.1 Å². The van der Waals surface area contributed by atoms with Crippen molar-refractivity contribution in [2.75, 3.05) is 33.3 Å². The summed E-state index contributed by atoms with van der Waals surface area (Å²) >= 11 is 0. The molecule has 25 heavy (non-hydrogen) atoms. The molecule has 0 N–H and O–H groups in total. The van der Waals surface area contributed by atoms with Gasteiger partial charge in [0.25, 0.3) is 0 Å². The van der Waals surface area contributed by atoms with Gasteiger partial charge in [0.2, 0.25) is 11.8 Å². The van der Waals surface area contributed by atoms with Gasteiger partial charge in [0, 0.05) is 32.6 Å². The minimum Gasteiger partial charge on any atom is -0.494 e. The maximum Gasteiger partial charge on any atom is 0.227 e. The third kappa shape index (κ3) is 4.97. The van der Waals surface area contributed by atoms with Crippen LogP contribution < -0.4 is 4.74 Å². The molecule has 1 atom stereocenters. The van der Waals surface area contributed by atoms with Crippen molar-refractivity contribution in [1.29, 1.82) is 0 Å². The van der Waals surface area contributed by atoms with Gasteiger partial charge in [-0.3, -0.25) is 9.59 Å². The van der Waals surface area contributed by atoms with Crippen LogP contribution in [0.15, 0.2) is 30.3 Å². The molecule has 0 unspecified atom stereocenters. The van der Waals surface area contributed by atoms with Gasteiger partial charge in [0.1, 0.15) is 5.75 Å². The van der Waals surface area contributed by atoms with E-state index in [1.165, 1.54) is 0 Å². The zero-order valence-corrected chi connectivity index (χ0v) is 15.0. The van der Waals surface area contributed by atoms with Crippen LogP contribution in [0, 0.1) is 11.8 Å². The largest absolute Gasteiger partial charge is 0.494 e. The highest BCUT2D eigenvalue weighted by atomic mass is 16.5. The van der Waals surface area contributed by atoms with E-state index < -0.39 is 0 Å². The van der Waals surface area contributed by atoms with Gasteiger partial charge < -0.3 is 14.5 Å². The Bertz CT molecular complexity index is 586. The van der Waals surface area contributed by atoms with Gasteiger partial charge in [-0.15, -0.1) is 0 Å². The average Bonchev–Trinajstić information content (AvgIpc) is 3.50. The maximum absolute atomic E-state index is 12.7. The number of likely N-dealkylation sites (tertiary alicyclic amines) is 1. The Hall–Kier alpha value is -2.04. The van der Waals surface area contributed by atoms with Crippen LogP contribution in [-0.2, 0) is 9.59 Å². The molecule has 1 aromatic carbocycles. The van der Waals surface area contributed by atoms with Crippen molar-refractivity contribution in [1.82, 2.24) is 9.80 Å². The molecule has 1 saturated carbocycles. The summed E-state index contributed by atoms with van der Waals surface area (Å²) in [5, 5.41) is 0. The molecule has 136 valence electrons. The predicted molar refractivity (Wildman–Crippen MR) is 96.2 cm³/mol. The molecule has 2 amide bonds. The molecule has 5 heteroatoms. The standard InChI is InChI=1S/C20H28N2O3/c1-21(12-6-14-25-18-8-3-2-4-9-18)19(23)17-7-5-13-22(15-17)20(24)16-10-11-16/h2-4,8-9,16-17H,5-7,10-15H2,1H3/t17-/m1/s1. The van der Waals surface area contributed by atoms with E-state index in [9.17, 15) is 9.59 Å². The van der Waals surface area contributed by atoms with Crippen molar-refractivity contribution < 1.29 is 14.3 Å². The summed E-state index contributed by atoms with van der Waals surface area (Å²) in [5.74, 6) is 1.47. The van der Waals surface area contributed by atoms with E-state index in [1.807, 2.05) is 42.3 Å². The molecular formula is C20H28N2O3. The SMILES string of the molecule is CN(CCCOc1ccccc1)C(=O)[C@@H]1CCCN(C(=O)C2CC2)C1. The Kier molecular flexibility index (Phi) is 5.95. The predicted octanol–water partition coefficient (Wildman–Crippen LogP) is 2.56. The van der Waals surface area contributed by atoms with Gasteiger partial charge in [-0.25, -0.2) is 0 Å². The maximum atomic E-state index is 12.7. The normalized spacial score (nSPS) is 20.2. The second kappa shape index (κ2) is 8.37. The molecule has 5 nitrogen and oxygen atoms in total. The van der Waals surface area contributed by atoms with Crippen LogP contribution in [0.3, 0.4) is 0 Å². The number of amides is 2. The van der Waals surface area contributed by atoms with Gasteiger partial charge in [-0.05, 0) is 44.2 Å². The van der Waals surface area contributed by atoms with E-state index >= 15 is 0 Å². The molecule has 1 saturated heterocycles. The van der Waals surface area contributed by atoms with E-state index in [0.29, 0.717) is 19.7 Å². The van der Waals surface area contributed by atoms with Gasteiger partial charge >= 0.3 is 0 Å². The minimum atomic E-state index is -0.0449. The number of hydrogen-bond acceptors (Lipinski definition) is 3. The van der Waals surface area contributed by atoms with Crippen molar-refractivity contribution in [3.05, 3.63) is 30.3 Å². The number of nitrogens with zero attached hydrogens (tertiary/aromatic N) is 2.